The molecule has 2 aliphatic rings. The highest BCUT2D eigenvalue weighted by atomic mass is 15.2. The Labute approximate surface area is 467 Å². The van der Waals surface area contributed by atoms with Crippen molar-refractivity contribution < 1.29 is 0 Å². The summed E-state index contributed by atoms with van der Waals surface area (Å²) in [6, 6.07) is 107. The fourth-order valence-electron chi connectivity index (χ4n) is 12.6. The molecule has 0 fully saturated rings. The Morgan fingerprint density at radius 1 is 0.250 bits per heavy atom. The summed E-state index contributed by atoms with van der Waals surface area (Å²) in [6.45, 7) is 0. The number of allylic oxidation sites excluding steroid dienone is 2. The van der Waals surface area contributed by atoms with E-state index in [1.165, 1.54) is 128 Å². The van der Waals surface area contributed by atoms with Crippen molar-refractivity contribution in [3.63, 3.8) is 0 Å². The molecule has 1 aliphatic carbocycles. The van der Waals surface area contributed by atoms with Crippen molar-refractivity contribution in [3.05, 3.63) is 321 Å². The Morgan fingerprint density at radius 3 is 1.29 bits per heavy atom. The number of rotatable bonds is 10. The molecular formula is C78H54N2. The second kappa shape index (κ2) is 19.9. The zero-order chi connectivity index (χ0) is 52.9. The number of aromatic nitrogens is 1. The fraction of sp³-hybridized carbons (Fsp3) is 0.0256. The topological polar surface area (TPSA) is 8.17 Å². The number of hydrogen-bond donors (Lipinski definition) is 0. The summed E-state index contributed by atoms with van der Waals surface area (Å²) in [7, 11) is 0. The van der Waals surface area contributed by atoms with Crippen LogP contribution in [-0.4, -0.2) is 10.6 Å². The van der Waals surface area contributed by atoms with Crippen molar-refractivity contribution in [1.29, 1.82) is 0 Å². The Morgan fingerprint density at radius 2 is 0.662 bits per heavy atom. The van der Waals surface area contributed by atoms with Gasteiger partial charge in [-0.25, -0.2) is 0 Å². The monoisotopic (exact) mass is 1020 g/mol. The van der Waals surface area contributed by atoms with E-state index < -0.39 is 0 Å². The molecule has 2 heteroatoms. The van der Waals surface area contributed by atoms with E-state index in [1.807, 2.05) is 0 Å². The molecule has 12 aromatic carbocycles. The first-order valence-corrected chi connectivity index (χ1v) is 27.8. The van der Waals surface area contributed by atoms with Crippen LogP contribution in [0.3, 0.4) is 0 Å². The van der Waals surface area contributed by atoms with Crippen LogP contribution < -0.4 is 4.90 Å². The number of nitrogens with zero attached hydrogens (tertiary/aromatic N) is 2. The molecule has 0 bridgehead atoms. The zero-order valence-corrected chi connectivity index (χ0v) is 44.1. The maximum atomic E-state index is 2.58. The van der Waals surface area contributed by atoms with E-state index in [4.69, 9.17) is 0 Å². The second-order valence-corrected chi connectivity index (χ2v) is 21.2. The van der Waals surface area contributed by atoms with Gasteiger partial charge in [-0.1, -0.05) is 249 Å². The van der Waals surface area contributed by atoms with Crippen LogP contribution in [0.4, 0.5) is 11.4 Å². The van der Waals surface area contributed by atoms with E-state index in [2.05, 4.69) is 325 Å². The lowest BCUT2D eigenvalue weighted by Gasteiger charge is -2.30. The van der Waals surface area contributed by atoms with Crippen molar-refractivity contribution in [1.82, 2.24) is 4.57 Å². The lowest BCUT2D eigenvalue weighted by Crippen LogP contribution is -2.28. The molecule has 2 heterocycles. The smallest absolute Gasteiger partial charge is 0.0629 e. The van der Waals surface area contributed by atoms with Gasteiger partial charge >= 0.3 is 0 Å². The zero-order valence-electron chi connectivity index (χ0n) is 44.1. The number of hydrogen-bond acceptors (Lipinski definition) is 1. The summed E-state index contributed by atoms with van der Waals surface area (Å²) in [5, 5.41) is 2.51. The van der Waals surface area contributed by atoms with Crippen molar-refractivity contribution in [2.75, 3.05) is 4.90 Å². The molecule has 0 saturated carbocycles. The first-order chi connectivity index (χ1) is 39.6. The van der Waals surface area contributed by atoms with Crippen LogP contribution in [0.1, 0.15) is 11.5 Å². The molecule has 2 atom stereocenters. The van der Waals surface area contributed by atoms with Crippen LogP contribution in [0.5, 0.6) is 0 Å². The lowest BCUT2D eigenvalue weighted by molar-refractivity contribution is 0.745. The summed E-state index contributed by atoms with van der Waals surface area (Å²) in [6.07, 6.45) is 9.21. The van der Waals surface area contributed by atoms with Gasteiger partial charge in [0.1, 0.15) is 0 Å². The second-order valence-electron chi connectivity index (χ2n) is 21.2. The van der Waals surface area contributed by atoms with Crippen LogP contribution in [0.15, 0.2) is 315 Å². The molecule has 15 rings (SSSR count). The van der Waals surface area contributed by atoms with Crippen LogP contribution in [0.2, 0.25) is 0 Å². The van der Waals surface area contributed by atoms with Gasteiger partial charge in [-0.05, 0) is 156 Å². The molecule has 1 aromatic heterocycles. The standard InChI is InChI=1S/C78H54N2/c1-3-16-53(17-4-1)55-32-34-57(35-33-55)60-20-13-23-63(48-60)64-24-14-21-61(49-64)58-36-38-59(39-37-58)62-22-15-25-67(50-62)69-26-7-10-29-74(69)80-76-31-12-9-28-71(76)73-52-66(43-47-78(73)80)65-42-46-77-72(51-65)70-27-8-11-30-75(70)79(77)68-44-40-56(41-45-68)54-18-5-2-6-19-54/h1-52,71,76H. The molecular weight excluding hydrogens is 965 g/mol. The number of benzene rings is 12. The molecule has 0 radical (unpaired) electrons. The predicted molar refractivity (Wildman–Crippen MR) is 338 cm³/mol. The van der Waals surface area contributed by atoms with Gasteiger partial charge in [0.15, 0.2) is 0 Å². The highest BCUT2D eigenvalue weighted by Crippen LogP contribution is 2.51. The maximum Gasteiger partial charge on any atom is 0.0629 e. The highest BCUT2D eigenvalue weighted by Gasteiger charge is 2.38. The van der Waals surface area contributed by atoms with Gasteiger partial charge in [-0.2, -0.15) is 0 Å². The third-order valence-electron chi connectivity index (χ3n) is 16.6. The van der Waals surface area contributed by atoms with E-state index in [-0.39, 0.29) is 12.0 Å². The number of fused-ring (bicyclic) bond motifs is 6. The summed E-state index contributed by atoms with van der Waals surface area (Å²) >= 11 is 0. The Kier molecular flexibility index (Phi) is 11.7. The quantitative estimate of drug-likeness (QED) is 0.133. The maximum absolute atomic E-state index is 2.58. The van der Waals surface area contributed by atoms with E-state index in [1.54, 1.807) is 0 Å². The minimum absolute atomic E-state index is 0.149. The van der Waals surface area contributed by atoms with Gasteiger partial charge in [0.05, 0.1) is 17.1 Å². The molecule has 2 nitrogen and oxygen atoms in total. The molecule has 80 heavy (non-hydrogen) atoms. The summed E-state index contributed by atoms with van der Waals surface area (Å²) in [5.74, 6) is 0.215. The fourth-order valence-corrected chi connectivity index (χ4v) is 12.6. The Bertz CT molecular complexity index is 4510. The van der Waals surface area contributed by atoms with Crippen LogP contribution in [0.25, 0.3) is 117 Å². The first-order valence-electron chi connectivity index (χ1n) is 27.8. The summed E-state index contributed by atoms with van der Waals surface area (Å²) in [4.78, 5) is 2.58. The van der Waals surface area contributed by atoms with Crippen LogP contribution >= 0.6 is 0 Å². The van der Waals surface area contributed by atoms with Gasteiger partial charge < -0.3 is 9.47 Å². The molecule has 1 aliphatic heterocycles. The third kappa shape index (κ3) is 8.46. The minimum atomic E-state index is 0.149. The van der Waals surface area contributed by atoms with Crippen molar-refractivity contribution in [2.24, 2.45) is 0 Å². The van der Waals surface area contributed by atoms with E-state index in [0.29, 0.717) is 0 Å². The Hall–Kier alpha value is -10.3. The SMILES string of the molecule is C1=CC2c3cc(-c4ccc5c(c4)c4ccccc4n5-c4ccc(-c5ccccc5)cc4)ccc3N(c3ccccc3-c3cccc(-c4ccc(-c5cccc(-c6cccc(-c7ccc(-c8ccccc8)cc7)c6)c5)cc4)c3)C2C=C1. The van der Waals surface area contributed by atoms with E-state index in [9.17, 15) is 0 Å². The van der Waals surface area contributed by atoms with E-state index >= 15 is 0 Å². The largest absolute Gasteiger partial charge is 0.333 e. The third-order valence-corrected chi connectivity index (χ3v) is 16.6. The average Bonchev–Trinajstić information content (AvgIpc) is 4.09. The van der Waals surface area contributed by atoms with Gasteiger partial charge in [0, 0.05) is 39.3 Å². The highest BCUT2D eigenvalue weighted by molar-refractivity contribution is 6.10. The summed E-state index contributed by atoms with van der Waals surface area (Å²) in [5.41, 5.74) is 26.7. The normalized spacial score (nSPS) is 14.4. The first kappa shape index (κ1) is 47.0. The molecule has 2 unspecified atom stereocenters. The van der Waals surface area contributed by atoms with Crippen LogP contribution in [-0.2, 0) is 0 Å². The molecule has 13 aromatic rings. The van der Waals surface area contributed by atoms with Crippen LogP contribution in [0, 0.1) is 0 Å². The molecule has 0 saturated heterocycles. The minimum Gasteiger partial charge on any atom is -0.333 e. The predicted octanol–water partition coefficient (Wildman–Crippen LogP) is 20.8. The molecule has 0 spiro atoms. The van der Waals surface area contributed by atoms with E-state index in [0.717, 1.165) is 5.69 Å². The number of para-hydroxylation sites is 2. The van der Waals surface area contributed by atoms with Gasteiger partial charge in [0.25, 0.3) is 0 Å². The van der Waals surface area contributed by atoms with Gasteiger partial charge in [-0.15, -0.1) is 0 Å². The summed E-state index contributed by atoms with van der Waals surface area (Å²) < 4.78 is 2.41. The van der Waals surface area contributed by atoms with Crippen molar-refractivity contribution >= 4 is 33.2 Å². The molecule has 376 valence electrons. The molecule has 0 amide bonds. The van der Waals surface area contributed by atoms with Crippen molar-refractivity contribution in [3.8, 4) is 94.7 Å². The number of anilines is 2. The van der Waals surface area contributed by atoms with Gasteiger partial charge in [0.2, 0.25) is 0 Å². The molecule has 0 N–H and O–H groups in total. The van der Waals surface area contributed by atoms with Crippen molar-refractivity contribution in [2.45, 2.75) is 12.0 Å². The van der Waals surface area contributed by atoms with Gasteiger partial charge in [-0.3, -0.25) is 0 Å². The lowest BCUT2D eigenvalue weighted by atomic mass is 9.89. The Balaban J connectivity index is 0.707. The average molecular weight is 1020 g/mol.